The van der Waals surface area contributed by atoms with E-state index < -0.39 is 0 Å². The zero-order valence-electron chi connectivity index (χ0n) is 11.0. The van der Waals surface area contributed by atoms with Crippen molar-refractivity contribution in [3.63, 3.8) is 0 Å². The molecule has 1 aliphatic rings. The van der Waals surface area contributed by atoms with Gasteiger partial charge < -0.3 is 10.1 Å². The topological polar surface area (TPSA) is 21.3 Å². The van der Waals surface area contributed by atoms with Crippen molar-refractivity contribution >= 4 is 6.08 Å². The van der Waals surface area contributed by atoms with Crippen molar-refractivity contribution in [2.45, 2.75) is 19.3 Å². The van der Waals surface area contributed by atoms with E-state index in [0.717, 1.165) is 38.6 Å². The third-order valence-corrected chi connectivity index (χ3v) is 3.06. The standard InChI is InChI=1S/C16H23NO/c1-2-6-15(7-3-1)8-4-11-17-12-5-13-18-14-16-9-10-16/h1-4,6-8,16-17H,5,9-14H2/b8-4+. The van der Waals surface area contributed by atoms with E-state index in [9.17, 15) is 0 Å². The molecule has 0 radical (unpaired) electrons. The highest BCUT2D eigenvalue weighted by atomic mass is 16.5. The second-order valence-electron chi connectivity index (χ2n) is 4.89. The maximum Gasteiger partial charge on any atom is 0.0494 e. The van der Waals surface area contributed by atoms with Crippen molar-refractivity contribution in [1.29, 1.82) is 0 Å². The highest BCUT2D eigenvalue weighted by Gasteiger charge is 2.20. The van der Waals surface area contributed by atoms with Gasteiger partial charge >= 0.3 is 0 Å². The number of benzene rings is 1. The molecule has 0 aliphatic heterocycles. The zero-order chi connectivity index (χ0) is 12.5. The molecule has 0 aromatic heterocycles. The molecule has 1 aromatic rings. The predicted octanol–water partition coefficient (Wildman–Crippen LogP) is 3.11. The Bertz CT molecular complexity index is 343. The van der Waals surface area contributed by atoms with E-state index in [1.54, 1.807) is 0 Å². The van der Waals surface area contributed by atoms with Crippen LogP contribution in [0.3, 0.4) is 0 Å². The Kier molecular flexibility index (Phi) is 5.97. The van der Waals surface area contributed by atoms with Crippen LogP contribution in [0, 0.1) is 5.92 Å². The van der Waals surface area contributed by atoms with E-state index in [1.165, 1.54) is 18.4 Å². The second-order valence-corrected chi connectivity index (χ2v) is 4.89. The molecule has 0 amide bonds. The van der Waals surface area contributed by atoms with E-state index >= 15 is 0 Å². The van der Waals surface area contributed by atoms with Gasteiger partial charge in [0.2, 0.25) is 0 Å². The van der Waals surface area contributed by atoms with Crippen molar-refractivity contribution in [1.82, 2.24) is 5.32 Å². The van der Waals surface area contributed by atoms with E-state index in [1.807, 2.05) is 6.07 Å². The van der Waals surface area contributed by atoms with Crippen LogP contribution >= 0.6 is 0 Å². The van der Waals surface area contributed by atoms with Gasteiger partial charge in [-0.1, -0.05) is 42.5 Å². The van der Waals surface area contributed by atoms with Crippen LogP contribution < -0.4 is 5.32 Å². The second kappa shape index (κ2) is 8.06. The lowest BCUT2D eigenvalue weighted by Crippen LogP contribution is -2.16. The molecular formula is C16H23NO. The average Bonchev–Trinajstić information content (AvgIpc) is 3.22. The van der Waals surface area contributed by atoms with E-state index in [-0.39, 0.29) is 0 Å². The molecule has 0 bridgehead atoms. The Balaban J connectivity index is 1.42. The fourth-order valence-electron chi connectivity index (χ4n) is 1.78. The molecular weight excluding hydrogens is 222 g/mol. The molecule has 1 N–H and O–H groups in total. The first-order valence-electron chi connectivity index (χ1n) is 6.95. The van der Waals surface area contributed by atoms with Crippen LogP contribution in [0.1, 0.15) is 24.8 Å². The molecule has 2 nitrogen and oxygen atoms in total. The minimum atomic E-state index is 0.881. The van der Waals surface area contributed by atoms with Gasteiger partial charge in [-0.15, -0.1) is 0 Å². The minimum Gasteiger partial charge on any atom is -0.381 e. The molecule has 2 rings (SSSR count). The summed E-state index contributed by atoms with van der Waals surface area (Å²) in [6.45, 7) is 3.83. The van der Waals surface area contributed by atoms with Gasteiger partial charge in [-0.3, -0.25) is 0 Å². The van der Waals surface area contributed by atoms with Gasteiger partial charge in [-0.25, -0.2) is 0 Å². The van der Waals surface area contributed by atoms with Crippen LogP contribution in [0.5, 0.6) is 0 Å². The van der Waals surface area contributed by atoms with Gasteiger partial charge in [0.05, 0.1) is 0 Å². The highest BCUT2D eigenvalue weighted by molar-refractivity contribution is 5.48. The summed E-state index contributed by atoms with van der Waals surface area (Å²) < 4.78 is 5.58. The summed E-state index contributed by atoms with van der Waals surface area (Å²) in [4.78, 5) is 0. The fraction of sp³-hybridized carbons (Fsp3) is 0.500. The summed E-state index contributed by atoms with van der Waals surface area (Å²) >= 11 is 0. The lowest BCUT2D eigenvalue weighted by atomic mass is 10.2. The lowest BCUT2D eigenvalue weighted by molar-refractivity contribution is 0.122. The molecule has 0 atom stereocenters. The summed E-state index contributed by atoms with van der Waals surface area (Å²) in [6.07, 6.45) is 8.17. The van der Waals surface area contributed by atoms with Crippen LogP contribution in [-0.4, -0.2) is 26.3 Å². The number of nitrogens with one attached hydrogen (secondary N) is 1. The van der Waals surface area contributed by atoms with Crippen molar-refractivity contribution in [2.24, 2.45) is 5.92 Å². The lowest BCUT2D eigenvalue weighted by Gasteiger charge is -2.03. The predicted molar refractivity (Wildman–Crippen MR) is 76.5 cm³/mol. The van der Waals surface area contributed by atoms with Gasteiger partial charge in [0.25, 0.3) is 0 Å². The molecule has 1 fully saturated rings. The average molecular weight is 245 g/mol. The molecule has 1 aliphatic carbocycles. The van der Waals surface area contributed by atoms with E-state index in [2.05, 4.69) is 41.7 Å². The summed E-state index contributed by atoms with van der Waals surface area (Å²) in [5.41, 5.74) is 1.26. The van der Waals surface area contributed by atoms with Gasteiger partial charge in [-0.2, -0.15) is 0 Å². The smallest absolute Gasteiger partial charge is 0.0494 e. The summed E-state index contributed by atoms with van der Waals surface area (Å²) in [7, 11) is 0. The molecule has 0 heterocycles. The summed E-state index contributed by atoms with van der Waals surface area (Å²) in [5.74, 6) is 0.881. The quantitative estimate of drug-likeness (QED) is 0.675. The maximum absolute atomic E-state index is 5.58. The first kappa shape index (κ1) is 13.3. The molecule has 18 heavy (non-hydrogen) atoms. The number of hydrogen-bond acceptors (Lipinski definition) is 2. The van der Waals surface area contributed by atoms with Crippen molar-refractivity contribution in [3.8, 4) is 0 Å². The number of rotatable bonds is 9. The first-order chi connectivity index (χ1) is 8.95. The van der Waals surface area contributed by atoms with Gasteiger partial charge in [0.15, 0.2) is 0 Å². The Hall–Kier alpha value is -1.12. The minimum absolute atomic E-state index is 0.881. The Labute approximate surface area is 110 Å². The molecule has 2 heteroatoms. The fourth-order valence-corrected chi connectivity index (χ4v) is 1.78. The van der Waals surface area contributed by atoms with E-state index in [4.69, 9.17) is 4.74 Å². The largest absolute Gasteiger partial charge is 0.381 e. The molecule has 0 spiro atoms. The molecule has 0 saturated heterocycles. The summed E-state index contributed by atoms with van der Waals surface area (Å²) in [6, 6.07) is 10.4. The molecule has 98 valence electrons. The molecule has 0 unspecified atom stereocenters. The third kappa shape index (κ3) is 5.99. The Morgan fingerprint density at radius 3 is 2.83 bits per heavy atom. The highest BCUT2D eigenvalue weighted by Crippen LogP contribution is 2.28. The monoisotopic (exact) mass is 245 g/mol. The third-order valence-electron chi connectivity index (χ3n) is 3.06. The number of hydrogen-bond donors (Lipinski definition) is 1. The number of ether oxygens (including phenoxy) is 1. The Morgan fingerprint density at radius 2 is 2.06 bits per heavy atom. The summed E-state index contributed by atoms with van der Waals surface area (Å²) in [5, 5.41) is 3.39. The van der Waals surface area contributed by atoms with Crippen molar-refractivity contribution in [3.05, 3.63) is 42.0 Å². The SMILES string of the molecule is C(=C\c1ccccc1)/CNCCCOCC1CC1. The van der Waals surface area contributed by atoms with Crippen LogP contribution in [0.25, 0.3) is 6.08 Å². The molecule has 1 aromatic carbocycles. The van der Waals surface area contributed by atoms with E-state index in [0.29, 0.717) is 0 Å². The molecule has 1 saturated carbocycles. The van der Waals surface area contributed by atoms with Crippen LogP contribution in [0.2, 0.25) is 0 Å². The van der Waals surface area contributed by atoms with Crippen molar-refractivity contribution < 1.29 is 4.74 Å². The van der Waals surface area contributed by atoms with Gasteiger partial charge in [0, 0.05) is 19.8 Å². The van der Waals surface area contributed by atoms with Crippen LogP contribution in [0.15, 0.2) is 36.4 Å². The van der Waals surface area contributed by atoms with Crippen LogP contribution in [-0.2, 0) is 4.74 Å². The van der Waals surface area contributed by atoms with Gasteiger partial charge in [-0.05, 0) is 37.3 Å². The van der Waals surface area contributed by atoms with Crippen molar-refractivity contribution in [2.75, 3.05) is 26.3 Å². The first-order valence-corrected chi connectivity index (χ1v) is 6.95. The van der Waals surface area contributed by atoms with Crippen LogP contribution in [0.4, 0.5) is 0 Å². The Morgan fingerprint density at radius 1 is 1.22 bits per heavy atom. The maximum atomic E-state index is 5.58. The normalized spacial score (nSPS) is 15.3. The zero-order valence-corrected chi connectivity index (χ0v) is 11.0. The van der Waals surface area contributed by atoms with Gasteiger partial charge in [0.1, 0.15) is 0 Å².